The van der Waals surface area contributed by atoms with Gasteiger partial charge in [-0.25, -0.2) is 4.79 Å². The highest BCUT2D eigenvalue weighted by Gasteiger charge is 2.34. The zero-order valence-corrected chi connectivity index (χ0v) is 26.5. The summed E-state index contributed by atoms with van der Waals surface area (Å²) >= 11 is 3.70. The molecule has 0 bridgehead atoms. The molecule has 0 aliphatic heterocycles. The number of aryl methyl sites for hydroxylation is 1. The Kier molecular flexibility index (Phi) is 12.1. The van der Waals surface area contributed by atoms with Gasteiger partial charge in [0.05, 0.1) is 18.8 Å². The molecule has 0 N–H and O–H groups in total. The first-order chi connectivity index (χ1) is 21.3. The van der Waals surface area contributed by atoms with Gasteiger partial charge in [-0.15, -0.1) is 0 Å². The molecule has 0 unspecified atom stereocenters. The molecule has 0 fully saturated rings. The number of benzene rings is 4. The van der Waals surface area contributed by atoms with Gasteiger partial charge in [0, 0.05) is 10.5 Å². The Morgan fingerprint density at radius 2 is 1.39 bits per heavy atom. The van der Waals surface area contributed by atoms with Crippen LogP contribution in [0.1, 0.15) is 50.2 Å². The number of rotatable bonds is 16. The topological polar surface area (TPSA) is 44.8 Å². The van der Waals surface area contributed by atoms with E-state index in [1.54, 1.807) is 24.3 Å². The van der Waals surface area contributed by atoms with Crippen molar-refractivity contribution in [2.24, 2.45) is 0 Å². The van der Waals surface area contributed by atoms with Gasteiger partial charge >= 0.3 is 12.1 Å². The quantitative estimate of drug-likeness (QED) is 0.0680. The van der Waals surface area contributed by atoms with Gasteiger partial charge in [-0.05, 0) is 102 Å². The summed E-state index contributed by atoms with van der Waals surface area (Å²) in [6.07, 6.45) is 3.18. The highest BCUT2D eigenvalue weighted by Crippen LogP contribution is 2.35. The second kappa shape index (κ2) is 16.2. The SMILES string of the molecule is C=CC(=O)OCCCCCCOc1ccc(C(F)(F)Oc2ccc(-c3ccc(-c4ccc(CCC)cc4Br)cc3)cc2)cc1. The van der Waals surface area contributed by atoms with Crippen molar-refractivity contribution in [1.82, 2.24) is 0 Å². The molecule has 0 aliphatic rings. The smallest absolute Gasteiger partial charge is 0.426 e. The molecule has 0 amide bonds. The van der Waals surface area contributed by atoms with Crippen LogP contribution >= 0.6 is 15.9 Å². The number of carbonyl (C=O) groups is 1. The number of carbonyl (C=O) groups excluding carboxylic acids is 1. The molecule has 0 aliphatic carbocycles. The summed E-state index contributed by atoms with van der Waals surface area (Å²) in [5.74, 6) is 0.174. The van der Waals surface area contributed by atoms with Crippen LogP contribution in [0.5, 0.6) is 11.5 Å². The first kappa shape index (κ1) is 32.9. The van der Waals surface area contributed by atoms with Gasteiger partial charge in [-0.1, -0.05) is 84.4 Å². The standard InChI is InChI=1S/C37H37BrF2O4/c1-3-9-27-10-23-34(35(38)26-27)30-13-11-28(12-14-30)29-15-19-33(20-16-29)44-37(39,40)31-17-21-32(22-18-31)42-24-7-5-6-8-25-43-36(41)4-2/h4,10-23,26H,2-3,5-9,24-25H2,1H3. The lowest BCUT2D eigenvalue weighted by molar-refractivity contribution is -0.185. The van der Waals surface area contributed by atoms with Gasteiger partial charge in [0.2, 0.25) is 0 Å². The van der Waals surface area contributed by atoms with E-state index in [-0.39, 0.29) is 11.3 Å². The molecule has 44 heavy (non-hydrogen) atoms. The second-order valence-corrected chi connectivity index (χ2v) is 11.3. The maximum absolute atomic E-state index is 14.9. The van der Waals surface area contributed by atoms with Crippen LogP contribution in [-0.4, -0.2) is 19.2 Å². The van der Waals surface area contributed by atoms with Gasteiger partial charge in [-0.3, -0.25) is 0 Å². The molecule has 0 saturated carbocycles. The van der Waals surface area contributed by atoms with E-state index in [1.165, 1.54) is 29.8 Å². The van der Waals surface area contributed by atoms with E-state index < -0.39 is 12.1 Å². The minimum absolute atomic E-state index is 0.0751. The summed E-state index contributed by atoms with van der Waals surface area (Å²) in [6.45, 7) is 6.36. The van der Waals surface area contributed by atoms with Gasteiger partial charge < -0.3 is 14.2 Å². The Balaban J connectivity index is 1.26. The van der Waals surface area contributed by atoms with Crippen LogP contribution in [-0.2, 0) is 22.1 Å². The van der Waals surface area contributed by atoms with E-state index >= 15 is 0 Å². The van der Waals surface area contributed by atoms with Crippen molar-refractivity contribution in [2.75, 3.05) is 13.2 Å². The molecular weight excluding hydrogens is 626 g/mol. The van der Waals surface area contributed by atoms with Crippen molar-refractivity contribution in [3.05, 3.63) is 119 Å². The molecule has 0 radical (unpaired) electrons. The van der Waals surface area contributed by atoms with E-state index in [0.29, 0.717) is 19.0 Å². The van der Waals surface area contributed by atoms with Crippen LogP contribution in [0, 0.1) is 0 Å². The Bertz CT molecular complexity index is 1500. The van der Waals surface area contributed by atoms with Crippen molar-refractivity contribution in [1.29, 1.82) is 0 Å². The zero-order valence-electron chi connectivity index (χ0n) is 24.9. The average molecular weight is 664 g/mol. The normalized spacial score (nSPS) is 11.2. The monoisotopic (exact) mass is 662 g/mol. The highest BCUT2D eigenvalue weighted by molar-refractivity contribution is 9.10. The molecule has 0 spiro atoms. The van der Waals surface area contributed by atoms with Crippen LogP contribution < -0.4 is 9.47 Å². The van der Waals surface area contributed by atoms with Crippen LogP contribution in [0.2, 0.25) is 0 Å². The number of hydrogen-bond donors (Lipinski definition) is 0. The molecule has 4 aromatic rings. The van der Waals surface area contributed by atoms with Crippen molar-refractivity contribution >= 4 is 21.9 Å². The van der Waals surface area contributed by atoms with Gasteiger partial charge in [0.1, 0.15) is 11.5 Å². The van der Waals surface area contributed by atoms with E-state index in [9.17, 15) is 13.6 Å². The number of unbranched alkanes of at least 4 members (excludes halogenated alkanes) is 3. The fraction of sp³-hybridized carbons (Fsp3) is 0.270. The molecule has 0 heterocycles. The molecule has 230 valence electrons. The Morgan fingerprint density at radius 1 is 0.795 bits per heavy atom. The summed E-state index contributed by atoms with van der Waals surface area (Å²) in [6, 6.07) is 27.0. The minimum Gasteiger partial charge on any atom is -0.494 e. The maximum Gasteiger partial charge on any atom is 0.426 e. The number of hydrogen-bond acceptors (Lipinski definition) is 4. The molecule has 0 saturated heterocycles. The minimum atomic E-state index is -3.50. The summed E-state index contributed by atoms with van der Waals surface area (Å²) in [7, 11) is 0. The molecular formula is C37H37BrF2O4. The lowest BCUT2D eigenvalue weighted by Gasteiger charge is -2.19. The van der Waals surface area contributed by atoms with Crippen molar-refractivity contribution in [3.63, 3.8) is 0 Å². The largest absolute Gasteiger partial charge is 0.494 e. The predicted octanol–water partition coefficient (Wildman–Crippen LogP) is 10.5. The second-order valence-electron chi connectivity index (χ2n) is 10.4. The number of esters is 1. The average Bonchev–Trinajstić information content (AvgIpc) is 3.03. The Hall–Kier alpha value is -3.97. The van der Waals surface area contributed by atoms with Gasteiger partial charge in [-0.2, -0.15) is 8.78 Å². The maximum atomic E-state index is 14.9. The summed E-state index contributed by atoms with van der Waals surface area (Å²) < 4.78 is 46.6. The van der Waals surface area contributed by atoms with Crippen molar-refractivity contribution in [3.8, 4) is 33.8 Å². The lowest BCUT2D eigenvalue weighted by Crippen LogP contribution is -2.21. The van der Waals surface area contributed by atoms with Crippen LogP contribution in [0.3, 0.4) is 0 Å². The first-order valence-corrected chi connectivity index (χ1v) is 15.7. The van der Waals surface area contributed by atoms with E-state index in [0.717, 1.165) is 71.3 Å². The zero-order chi connectivity index (χ0) is 31.4. The number of ether oxygens (including phenoxy) is 3. The molecule has 0 aromatic heterocycles. The lowest BCUT2D eigenvalue weighted by atomic mass is 9.99. The Labute approximate surface area is 266 Å². The summed E-state index contributed by atoms with van der Waals surface area (Å²) in [5.41, 5.74) is 5.16. The van der Waals surface area contributed by atoms with Gasteiger partial charge in [0.15, 0.2) is 0 Å². The molecule has 4 nitrogen and oxygen atoms in total. The third kappa shape index (κ3) is 9.52. The molecule has 0 atom stereocenters. The predicted molar refractivity (Wildman–Crippen MR) is 175 cm³/mol. The molecule has 7 heteroatoms. The fourth-order valence-electron chi connectivity index (χ4n) is 4.73. The van der Waals surface area contributed by atoms with Gasteiger partial charge in [0.25, 0.3) is 0 Å². The first-order valence-electron chi connectivity index (χ1n) is 14.9. The van der Waals surface area contributed by atoms with Crippen LogP contribution in [0.4, 0.5) is 8.78 Å². The number of alkyl halides is 2. The summed E-state index contributed by atoms with van der Waals surface area (Å²) in [5, 5.41) is 0. The third-order valence-corrected chi connectivity index (χ3v) is 7.77. The number of halogens is 3. The van der Waals surface area contributed by atoms with Crippen LogP contribution in [0.25, 0.3) is 22.3 Å². The Morgan fingerprint density at radius 3 is 2.00 bits per heavy atom. The van der Waals surface area contributed by atoms with Crippen molar-refractivity contribution in [2.45, 2.75) is 51.6 Å². The highest BCUT2D eigenvalue weighted by atomic mass is 79.9. The molecule has 4 aromatic carbocycles. The van der Waals surface area contributed by atoms with Crippen LogP contribution in [0.15, 0.2) is 108 Å². The molecule has 4 rings (SSSR count). The van der Waals surface area contributed by atoms with Crippen molar-refractivity contribution < 1.29 is 27.8 Å². The third-order valence-electron chi connectivity index (χ3n) is 7.11. The summed E-state index contributed by atoms with van der Waals surface area (Å²) in [4.78, 5) is 11.0. The van der Waals surface area contributed by atoms with E-state index in [2.05, 4.69) is 59.8 Å². The fourth-order valence-corrected chi connectivity index (χ4v) is 5.38. The van der Waals surface area contributed by atoms with E-state index in [1.807, 2.05) is 12.1 Å². The van der Waals surface area contributed by atoms with E-state index in [4.69, 9.17) is 14.2 Å².